The molecule has 3 N–H and O–H groups in total. The third kappa shape index (κ3) is 4.00. The van der Waals surface area contributed by atoms with Crippen LogP contribution in [0.4, 0.5) is 14.5 Å². The van der Waals surface area contributed by atoms with E-state index in [2.05, 4.69) is 5.32 Å². The quantitative estimate of drug-likeness (QED) is 0.741. The van der Waals surface area contributed by atoms with E-state index >= 15 is 0 Å². The van der Waals surface area contributed by atoms with Crippen molar-refractivity contribution in [1.29, 1.82) is 0 Å². The van der Waals surface area contributed by atoms with E-state index in [9.17, 15) is 18.4 Å². The molecule has 0 radical (unpaired) electrons. The maximum absolute atomic E-state index is 13.4. The number of hydrogen-bond acceptors (Lipinski definition) is 3. The fraction of sp³-hybridized carbons (Fsp3) is 0.467. The molecule has 2 rings (SSSR count). The third-order valence-corrected chi connectivity index (χ3v) is 3.85. The van der Waals surface area contributed by atoms with Crippen molar-refractivity contribution in [1.82, 2.24) is 5.32 Å². The first-order chi connectivity index (χ1) is 10.5. The smallest absolute Gasteiger partial charge is 0.313 e. The lowest BCUT2D eigenvalue weighted by Crippen LogP contribution is -2.43. The molecule has 0 bridgehead atoms. The molecule has 1 saturated carbocycles. The molecule has 7 heteroatoms. The molecular formula is C15H18F2N2O3. The normalized spacial score (nSPS) is 21.2. The monoisotopic (exact) mass is 312 g/mol. The van der Waals surface area contributed by atoms with Crippen molar-refractivity contribution in [3.63, 3.8) is 0 Å². The van der Waals surface area contributed by atoms with Gasteiger partial charge in [-0.1, -0.05) is 6.07 Å². The van der Waals surface area contributed by atoms with Crippen LogP contribution in [0.2, 0.25) is 0 Å². The highest BCUT2D eigenvalue weighted by atomic mass is 19.1. The van der Waals surface area contributed by atoms with Gasteiger partial charge in [0.1, 0.15) is 17.3 Å². The van der Waals surface area contributed by atoms with Crippen LogP contribution in [0.15, 0.2) is 18.2 Å². The molecule has 2 amide bonds. The van der Waals surface area contributed by atoms with E-state index in [-0.39, 0.29) is 18.6 Å². The molecule has 5 nitrogen and oxygen atoms in total. The number of halogens is 2. The van der Waals surface area contributed by atoms with Crippen LogP contribution in [0, 0.1) is 17.6 Å². The summed E-state index contributed by atoms with van der Waals surface area (Å²) in [5.41, 5.74) is -0.633. The Morgan fingerprint density at radius 1 is 1.09 bits per heavy atom. The topological polar surface area (TPSA) is 78.4 Å². The van der Waals surface area contributed by atoms with Crippen molar-refractivity contribution in [2.45, 2.75) is 31.7 Å². The number of aliphatic hydroxyl groups is 1. The zero-order chi connectivity index (χ0) is 16.1. The lowest BCUT2D eigenvalue weighted by atomic mass is 9.86. The Bertz CT molecular complexity index is 537. The summed E-state index contributed by atoms with van der Waals surface area (Å²) in [5.74, 6) is -3.67. The maximum Gasteiger partial charge on any atom is 0.313 e. The summed E-state index contributed by atoms with van der Waals surface area (Å²) in [6.07, 6.45) is 2.87. The van der Waals surface area contributed by atoms with E-state index in [0.717, 1.165) is 25.0 Å². The molecule has 1 aromatic carbocycles. The summed E-state index contributed by atoms with van der Waals surface area (Å²) in [7, 11) is 0. The minimum Gasteiger partial charge on any atom is -0.396 e. The van der Waals surface area contributed by atoms with Gasteiger partial charge in [0.2, 0.25) is 0 Å². The van der Waals surface area contributed by atoms with Crippen molar-refractivity contribution >= 4 is 17.5 Å². The summed E-state index contributed by atoms with van der Waals surface area (Å²) < 4.78 is 26.8. The first kappa shape index (κ1) is 16.4. The number of amides is 2. The van der Waals surface area contributed by atoms with E-state index in [1.165, 1.54) is 6.07 Å². The number of anilines is 1. The molecule has 0 unspecified atom stereocenters. The standard InChI is InChI=1S/C15H18F2N2O3/c16-11-2-1-3-12(17)13(11)19-15(22)14(21)18-10-6-4-9(8-20)5-7-10/h1-3,9-10,20H,4-8H2,(H,18,21)(H,19,22). The Morgan fingerprint density at radius 2 is 1.68 bits per heavy atom. The number of hydrogen-bond donors (Lipinski definition) is 3. The van der Waals surface area contributed by atoms with Crippen molar-refractivity contribution in [2.75, 3.05) is 11.9 Å². The number of aliphatic hydroxyl groups excluding tert-OH is 1. The van der Waals surface area contributed by atoms with Crippen molar-refractivity contribution < 1.29 is 23.5 Å². The van der Waals surface area contributed by atoms with E-state index < -0.39 is 29.1 Å². The highest BCUT2D eigenvalue weighted by molar-refractivity contribution is 6.39. The van der Waals surface area contributed by atoms with Crippen LogP contribution in [0.1, 0.15) is 25.7 Å². The second kappa shape index (κ2) is 7.31. The van der Waals surface area contributed by atoms with Crippen LogP contribution in [0.3, 0.4) is 0 Å². The second-order valence-electron chi connectivity index (χ2n) is 5.42. The van der Waals surface area contributed by atoms with Gasteiger partial charge in [0.25, 0.3) is 0 Å². The van der Waals surface area contributed by atoms with Crippen LogP contribution in [0.25, 0.3) is 0 Å². The van der Waals surface area contributed by atoms with Gasteiger partial charge in [-0.2, -0.15) is 0 Å². The van der Waals surface area contributed by atoms with Gasteiger partial charge in [0.15, 0.2) is 0 Å². The van der Waals surface area contributed by atoms with Gasteiger partial charge in [-0.25, -0.2) is 8.78 Å². The van der Waals surface area contributed by atoms with E-state index in [1.54, 1.807) is 0 Å². The maximum atomic E-state index is 13.4. The van der Waals surface area contributed by atoms with E-state index in [0.29, 0.717) is 12.8 Å². The first-order valence-corrected chi connectivity index (χ1v) is 7.18. The van der Waals surface area contributed by atoms with Gasteiger partial charge in [0, 0.05) is 12.6 Å². The first-order valence-electron chi connectivity index (χ1n) is 7.18. The average Bonchev–Trinajstić information content (AvgIpc) is 2.51. The Morgan fingerprint density at radius 3 is 2.23 bits per heavy atom. The molecule has 0 saturated heterocycles. The molecule has 1 aromatic rings. The molecule has 0 aliphatic heterocycles. The number of nitrogens with one attached hydrogen (secondary N) is 2. The summed E-state index contributed by atoms with van der Waals surface area (Å²) in [6, 6.07) is 2.99. The number of benzene rings is 1. The minimum absolute atomic E-state index is 0.119. The molecular weight excluding hydrogens is 294 g/mol. The zero-order valence-electron chi connectivity index (χ0n) is 11.9. The Kier molecular flexibility index (Phi) is 5.43. The van der Waals surface area contributed by atoms with Gasteiger partial charge >= 0.3 is 11.8 Å². The van der Waals surface area contributed by atoms with Crippen molar-refractivity contribution in [3.8, 4) is 0 Å². The van der Waals surface area contributed by atoms with Crippen LogP contribution >= 0.6 is 0 Å². The fourth-order valence-electron chi connectivity index (χ4n) is 2.53. The second-order valence-corrected chi connectivity index (χ2v) is 5.42. The predicted molar refractivity (Wildman–Crippen MR) is 76.0 cm³/mol. The van der Waals surface area contributed by atoms with Crippen molar-refractivity contribution in [3.05, 3.63) is 29.8 Å². The van der Waals surface area contributed by atoms with Crippen LogP contribution < -0.4 is 10.6 Å². The van der Waals surface area contributed by atoms with Gasteiger partial charge in [0.05, 0.1) is 0 Å². The Balaban J connectivity index is 1.89. The zero-order valence-corrected chi connectivity index (χ0v) is 11.9. The summed E-state index contributed by atoms with van der Waals surface area (Å²) >= 11 is 0. The third-order valence-electron chi connectivity index (χ3n) is 3.85. The Hall–Kier alpha value is -2.02. The molecule has 0 atom stereocenters. The average molecular weight is 312 g/mol. The lowest BCUT2D eigenvalue weighted by Gasteiger charge is -2.27. The number of carbonyl (C=O) groups excluding carboxylic acids is 2. The summed E-state index contributed by atoms with van der Waals surface area (Å²) in [5, 5.41) is 13.5. The number of rotatable bonds is 3. The Labute approximate surface area is 126 Å². The van der Waals surface area contributed by atoms with E-state index in [4.69, 9.17) is 5.11 Å². The van der Waals surface area contributed by atoms with E-state index in [1.807, 2.05) is 5.32 Å². The molecule has 1 aliphatic carbocycles. The fourth-order valence-corrected chi connectivity index (χ4v) is 2.53. The van der Waals surface area contributed by atoms with Gasteiger partial charge in [-0.3, -0.25) is 9.59 Å². The molecule has 0 aromatic heterocycles. The molecule has 0 spiro atoms. The van der Waals surface area contributed by atoms with Gasteiger partial charge < -0.3 is 15.7 Å². The molecule has 120 valence electrons. The highest BCUT2D eigenvalue weighted by Crippen LogP contribution is 2.23. The van der Waals surface area contributed by atoms with Gasteiger partial charge in [-0.05, 0) is 43.7 Å². The highest BCUT2D eigenvalue weighted by Gasteiger charge is 2.25. The summed E-state index contributed by atoms with van der Waals surface area (Å²) in [6.45, 7) is 0.119. The predicted octanol–water partition coefficient (Wildman–Crippen LogP) is 1.57. The van der Waals surface area contributed by atoms with Crippen LogP contribution in [0.5, 0.6) is 0 Å². The number of para-hydroxylation sites is 1. The van der Waals surface area contributed by atoms with Crippen LogP contribution in [-0.2, 0) is 9.59 Å². The molecule has 22 heavy (non-hydrogen) atoms. The largest absolute Gasteiger partial charge is 0.396 e. The minimum atomic E-state index is -1.10. The molecule has 0 heterocycles. The molecule has 1 fully saturated rings. The van der Waals surface area contributed by atoms with Gasteiger partial charge in [-0.15, -0.1) is 0 Å². The van der Waals surface area contributed by atoms with Crippen molar-refractivity contribution in [2.24, 2.45) is 5.92 Å². The lowest BCUT2D eigenvalue weighted by molar-refractivity contribution is -0.136. The summed E-state index contributed by atoms with van der Waals surface area (Å²) in [4.78, 5) is 23.5. The molecule has 1 aliphatic rings. The SMILES string of the molecule is O=C(Nc1c(F)cccc1F)C(=O)NC1CCC(CO)CC1. The number of carbonyl (C=O) groups is 2. The van der Waals surface area contributed by atoms with Crippen LogP contribution in [-0.4, -0.2) is 29.6 Å².